The molecule has 2 atom stereocenters. The van der Waals surface area contributed by atoms with E-state index in [1.165, 1.54) is 14.2 Å². The lowest BCUT2D eigenvalue weighted by atomic mass is 10.1. The number of carbonyl (C=O) groups excluding carboxylic acids is 1. The van der Waals surface area contributed by atoms with Crippen LogP contribution in [0, 0.1) is 12.8 Å². The van der Waals surface area contributed by atoms with Crippen molar-refractivity contribution in [3.63, 3.8) is 0 Å². The number of benzene rings is 1. The van der Waals surface area contributed by atoms with Gasteiger partial charge in [0.15, 0.2) is 0 Å². The van der Waals surface area contributed by atoms with Gasteiger partial charge in [0.2, 0.25) is 0 Å². The maximum Gasteiger partial charge on any atom is 0.306 e. The van der Waals surface area contributed by atoms with Crippen LogP contribution in [-0.4, -0.2) is 37.2 Å². The van der Waals surface area contributed by atoms with E-state index in [1.54, 1.807) is 12.1 Å². The van der Waals surface area contributed by atoms with E-state index in [0.29, 0.717) is 36.3 Å². The van der Waals surface area contributed by atoms with E-state index in [2.05, 4.69) is 5.32 Å². The van der Waals surface area contributed by atoms with Gasteiger partial charge in [0.1, 0.15) is 11.5 Å². The predicted octanol–water partition coefficient (Wildman–Crippen LogP) is 2.00. The zero-order valence-electron chi connectivity index (χ0n) is 13.0. The van der Waals surface area contributed by atoms with Crippen molar-refractivity contribution >= 4 is 11.9 Å². The first-order valence-electron chi connectivity index (χ1n) is 7.22. The van der Waals surface area contributed by atoms with E-state index in [4.69, 9.17) is 14.6 Å². The Kier molecular flexibility index (Phi) is 4.90. The normalized spacial score (nSPS) is 20.5. The van der Waals surface area contributed by atoms with Crippen molar-refractivity contribution < 1.29 is 24.2 Å². The Labute approximate surface area is 129 Å². The molecule has 2 rings (SSSR count). The molecule has 0 unspecified atom stereocenters. The van der Waals surface area contributed by atoms with Gasteiger partial charge in [0.25, 0.3) is 5.91 Å². The summed E-state index contributed by atoms with van der Waals surface area (Å²) in [5, 5.41) is 11.9. The highest BCUT2D eigenvalue weighted by Gasteiger charge is 2.30. The molecule has 22 heavy (non-hydrogen) atoms. The maximum absolute atomic E-state index is 12.4. The summed E-state index contributed by atoms with van der Waals surface area (Å²) in [4.78, 5) is 23.3. The van der Waals surface area contributed by atoms with Crippen molar-refractivity contribution in [2.24, 2.45) is 5.92 Å². The number of carboxylic acid groups (broad SMARTS) is 1. The van der Waals surface area contributed by atoms with Gasteiger partial charge in [-0.2, -0.15) is 0 Å². The lowest BCUT2D eigenvalue weighted by Crippen LogP contribution is -2.33. The topological polar surface area (TPSA) is 84.9 Å². The summed E-state index contributed by atoms with van der Waals surface area (Å²) < 4.78 is 10.5. The SMILES string of the molecule is COc1cc(C(=O)N[C@H]2CC[C@@H](C(=O)O)C2)cc(OC)c1C. The monoisotopic (exact) mass is 307 g/mol. The highest BCUT2D eigenvalue weighted by Crippen LogP contribution is 2.30. The second-order valence-corrected chi connectivity index (χ2v) is 5.52. The number of methoxy groups -OCH3 is 2. The number of ether oxygens (including phenoxy) is 2. The Morgan fingerprint density at radius 1 is 1.18 bits per heavy atom. The molecular formula is C16H21NO5. The summed E-state index contributed by atoms with van der Waals surface area (Å²) in [6.07, 6.45) is 1.75. The summed E-state index contributed by atoms with van der Waals surface area (Å²) in [6, 6.07) is 3.22. The van der Waals surface area contributed by atoms with Crippen LogP contribution in [0.4, 0.5) is 0 Å². The van der Waals surface area contributed by atoms with Crippen molar-refractivity contribution in [3.05, 3.63) is 23.3 Å². The molecule has 0 saturated heterocycles. The number of nitrogens with one attached hydrogen (secondary N) is 1. The zero-order valence-corrected chi connectivity index (χ0v) is 13.0. The molecule has 1 aromatic carbocycles. The average molecular weight is 307 g/mol. The van der Waals surface area contributed by atoms with Gasteiger partial charge in [-0.05, 0) is 38.3 Å². The largest absolute Gasteiger partial charge is 0.496 e. The highest BCUT2D eigenvalue weighted by atomic mass is 16.5. The van der Waals surface area contributed by atoms with Crippen LogP contribution in [0.3, 0.4) is 0 Å². The smallest absolute Gasteiger partial charge is 0.306 e. The molecule has 2 N–H and O–H groups in total. The molecule has 6 nitrogen and oxygen atoms in total. The van der Waals surface area contributed by atoms with E-state index in [0.717, 1.165) is 5.56 Å². The van der Waals surface area contributed by atoms with Gasteiger partial charge in [-0.25, -0.2) is 0 Å². The Hall–Kier alpha value is -2.24. The molecule has 1 amide bonds. The maximum atomic E-state index is 12.4. The molecule has 6 heteroatoms. The van der Waals surface area contributed by atoms with Crippen molar-refractivity contribution in [3.8, 4) is 11.5 Å². The Bertz CT molecular complexity index is 559. The molecule has 0 spiro atoms. The van der Waals surface area contributed by atoms with Crippen molar-refractivity contribution in [2.75, 3.05) is 14.2 Å². The number of carboxylic acids is 1. The van der Waals surface area contributed by atoms with Gasteiger partial charge in [-0.3, -0.25) is 9.59 Å². The number of hydrogen-bond donors (Lipinski definition) is 2. The Morgan fingerprint density at radius 3 is 2.23 bits per heavy atom. The van der Waals surface area contributed by atoms with Crippen LogP contribution in [0.1, 0.15) is 35.2 Å². The van der Waals surface area contributed by atoms with Crippen molar-refractivity contribution in [1.82, 2.24) is 5.32 Å². The minimum atomic E-state index is -0.796. The van der Waals surface area contributed by atoms with Gasteiger partial charge in [-0.1, -0.05) is 0 Å². The number of aliphatic carboxylic acids is 1. The zero-order chi connectivity index (χ0) is 16.3. The number of rotatable bonds is 5. The summed E-state index contributed by atoms with van der Waals surface area (Å²) >= 11 is 0. The average Bonchev–Trinajstić information content (AvgIpc) is 2.96. The van der Waals surface area contributed by atoms with Crippen LogP contribution >= 0.6 is 0 Å². The highest BCUT2D eigenvalue weighted by molar-refractivity contribution is 5.95. The van der Waals surface area contributed by atoms with E-state index in [-0.39, 0.29) is 17.9 Å². The fraction of sp³-hybridized carbons (Fsp3) is 0.500. The number of carbonyl (C=O) groups is 2. The van der Waals surface area contributed by atoms with Crippen LogP contribution in [-0.2, 0) is 4.79 Å². The molecule has 1 saturated carbocycles. The predicted molar refractivity (Wildman–Crippen MR) is 80.5 cm³/mol. The molecular weight excluding hydrogens is 286 g/mol. The Balaban J connectivity index is 2.11. The third kappa shape index (κ3) is 3.32. The van der Waals surface area contributed by atoms with Crippen LogP contribution in [0.25, 0.3) is 0 Å². The van der Waals surface area contributed by atoms with E-state index >= 15 is 0 Å². The van der Waals surface area contributed by atoms with Gasteiger partial charge >= 0.3 is 5.97 Å². The standard InChI is InChI=1S/C16H21NO5/c1-9-13(21-2)7-11(8-14(9)22-3)15(18)17-12-5-4-10(6-12)16(19)20/h7-8,10,12H,4-6H2,1-3H3,(H,17,18)(H,19,20)/t10-,12+/m1/s1. The number of amides is 1. The molecule has 0 bridgehead atoms. The van der Waals surface area contributed by atoms with E-state index in [9.17, 15) is 9.59 Å². The lowest BCUT2D eigenvalue weighted by molar-refractivity contribution is -0.141. The van der Waals surface area contributed by atoms with Gasteiger partial charge < -0.3 is 19.9 Å². The molecule has 0 heterocycles. The summed E-state index contributed by atoms with van der Waals surface area (Å²) in [7, 11) is 3.08. The van der Waals surface area contributed by atoms with Crippen molar-refractivity contribution in [2.45, 2.75) is 32.2 Å². The second-order valence-electron chi connectivity index (χ2n) is 5.52. The molecule has 0 aromatic heterocycles. The van der Waals surface area contributed by atoms with Crippen LogP contribution in [0.5, 0.6) is 11.5 Å². The van der Waals surface area contributed by atoms with E-state index in [1.807, 2.05) is 6.92 Å². The summed E-state index contributed by atoms with van der Waals surface area (Å²) in [6.45, 7) is 1.85. The minimum Gasteiger partial charge on any atom is -0.496 e. The Morgan fingerprint density at radius 2 is 1.77 bits per heavy atom. The molecule has 1 aromatic rings. The molecule has 0 aliphatic heterocycles. The fourth-order valence-corrected chi connectivity index (χ4v) is 2.82. The van der Waals surface area contributed by atoms with Crippen LogP contribution in [0.2, 0.25) is 0 Å². The summed E-state index contributed by atoms with van der Waals surface area (Å²) in [5.74, 6) is -0.242. The third-order valence-electron chi connectivity index (χ3n) is 4.13. The van der Waals surface area contributed by atoms with Gasteiger partial charge in [0.05, 0.1) is 20.1 Å². The fourth-order valence-electron chi connectivity index (χ4n) is 2.82. The molecule has 120 valence electrons. The molecule has 1 aliphatic rings. The third-order valence-corrected chi connectivity index (χ3v) is 4.13. The van der Waals surface area contributed by atoms with Crippen LogP contribution in [0.15, 0.2) is 12.1 Å². The first-order chi connectivity index (χ1) is 10.5. The van der Waals surface area contributed by atoms with Crippen LogP contribution < -0.4 is 14.8 Å². The van der Waals surface area contributed by atoms with Crippen molar-refractivity contribution in [1.29, 1.82) is 0 Å². The quantitative estimate of drug-likeness (QED) is 0.869. The minimum absolute atomic E-state index is 0.105. The first kappa shape index (κ1) is 16.1. The first-order valence-corrected chi connectivity index (χ1v) is 7.22. The van der Waals surface area contributed by atoms with Gasteiger partial charge in [-0.15, -0.1) is 0 Å². The molecule has 0 radical (unpaired) electrons. The second kappa shape index (κ2) is 6.68. The number of hydrogen-bond acceptors (Lipinski definition) is 4. The molecule has 1 aliphatic carbocycles. The summed E-state index contributed by atoms with van der Waals surface area (Å²) in [5.41, 5.74) is 1.27. The molecule has 1 fully saturated rings. The lowest BCUT2D eigenvalue weighted by Gasteiger charge is -2.15. The van der Waals surface area contributed by atoms with Gasteiger partial charge in [0, 0.05) is 17.2 Å². The van der Waals surface area contributed by atoms with E-state index < -0.39 is 5.97 Å².